The van der Waals surface area contributed by atoms with Crippen molar-refractivity contribution in [2.75, 3.05) is 0 Å². The summed E-state index contributed by atoms with van der Waals surface area (Å²) in [6.07, 6.45) is 1.65. The van der Waals surface area contributed by atoms with Crippen LogP contribution in [-0.4, -0.2) is 10.5 Å². The van der Waals surface area contributed by atoms with E-state index in [4.69, 9.17) is 5.84 Å². The molecule has 0 aliphatic heterocycles. The van der Waals surface area contributed by atoms with Crippen molar-refractivity contribution in [1.82, 2.24) is 9.99 Å². The Morgan fingerprint density at radius 3 is 2.73 bits per heavy atom. The summed E-state index contributed by atoms with van der Waals surface area (Å²) in [7, 11) is 0. The molecule has 0 aliphatic carbocycles. The fourth-order valence-corrected chi connectivity index (χ4v) is 1.28. The first-order valence-electron chi connectivity index (χ1n) is 4.64. The van der Waals surface area contributed by atoms with E-state index in [1.165, 1.54) is 10.6 Å². The summed E-state index contributed by atoms with van der Waals surface area (Å²) < 4.78 is 1.48. The van der Waals surface area contributed by atoms with Crippen LogP contribution in [0.5, 0.6) is 0 Å². The summed E-state index contributed by atoms with van der Waals surface area (Å²) in [5, 5.41) is 0. The number of carbonyl (C=O) groups is 1. The van der Waals surface area contributed by atoms with Crippen LogP contribution in [0.2, 0.25) is 0 Å². The third kappa shape index (κ3) is 2.66. The zero-order valence-corrected chi connectivity index (χ0v) is 8.86. The predicted molar refractivity (Wildman–Crippen MR) is 56.8 cm³/mol. The number of aromatic nitrogens is 1. The number of carbonyl (C=O) groups excluding carboxylic acids is 1. The van der Waals surface area contributed by atoms with Crippen molar-refractivity contribution in [2.45, 2.75) is 20.4 Å². The van der Waals surface area contributed by atoms with Crippen LogP contribution in [0.1, 0.15) is 13.8 Å². The normalized spacial score (nSPS) is 11.1. The number of hydrogen-bond acceptors (Lipinski definition) is 3. The Kier molecular flexibility index (Phi) is 3.26. The molecule has 0 aliphatic rings. The van der Waals surface area contributed by atoms with E-state index in [-0.39, 0.29) is 11.5 Å². The first-order chi connectivity index (χ1) is 6.97. The van der Waals surface area contributed by atoms with E-state index in [0.29, 0.717) is 6.54 Å². The Morgan fingerprint density at radius 1 is 1.53 bits per heavy atom. The van der Waals surface area contributed by atoms with E-state index in [9.17, 15) is 9.59 Å². The zero-order valence-electron chi connectivity index (χ0n) is 8.86. The Labute approximate surface area is 87.9 Å². The minimum Gasteiger partial charge on any atom is -0.314 e. The number of hydrogen-bond donors (Lipinski definition) is 2. The quantitative estimate of drug-likeness (QED) is 0.413. The molecular weight excluding hydrogens is 194 g/mol. The Hall–Kier alpha value is -1.62. The number of nitrogens with one attached hydrogen (secondary N) is 1. The standard InChI is InChI=1S/C10H15N3O2/c1-10(2,9(15)12-11)7-13-6-4-3-5-8(13)14/h3-6H,7,11H2,1-2H3,(H,12,15). The van der Waals surface area contributed by atoms with Crippen LogP contribution in [0.25, 0.3) is 0 Å². The van der Waals surface area contributed by atoms with Crippen molar-refractivity contribution in [1.29, 1.82) is 0 Å². The largest absolute Gasteiger partial charge is 0.314 e. The Bertz CT molecular complexity index is 409. The summed E-state index contributed by atoms with van der Waals surface area (Å²) in [4.78, 5) is 22.8. The van der Waals surface area contributed by atoms with Gasteiger partial charge in [0.15, 0.2) is 0 Å². The van der Waals surface area contributed by atoms with Gasteiger partial charge in [-0.3, -0.25) is 15.0 Å². The fraction of sp³-hybridized carbons (Fsp3) is 0.400. The molecule has 0 bridgehead atoms. The molecule has 1 rings (SSSR count). The average molecular weight is 209 g/mol. The van der Waals surface area contributed by atoms with Gasteiger partial charge in [-0.15, -0.1) is 0 Å². The highest BCUT2D eigenvalue weighted by molar-refractivity contribution is 5.81. The van der Waals surface area contributed by atoms with Crippen LogP contribution in [0, 0.1) is 5.41 Å². The van der Waals surface area contributed by atoms with Gasteiger partial charge < -0.3 is 4.57 Å². The molecule has 0 fully saturated rings. The van der Waals surface area contributed by atoms with E-state index >= 15 is 0 Å². The number of hydrazine groups is 1. The lowest BCUT2D eigenvalue weighted by Crippen LogP contribution is -2.44. The molecule has 0 saturated heterocycles. The highest BCUT2D eigenvalue weighted by atomic mass is 16.2. The molecule has 0 aromatic carbocycles. The van der Waals surface area contributed by atoms with Crippen LogP contribution in [0.4, 0.5) is 0 Å². The highest BCUT2D eigenvalue weighted by Gasteiger charge is 2.27. The zero-order chi connectivity index (χ0) is 11.5. The van der Waals surface area contributed by atoms with Gasteiger partial charge in [-0.1, -0.05) is 6.07 Å². The van der Waals surface area contributed by atoms with Crippen LogP contribution in [-0.2, 0) is 11.3 Å². The maximum Gasteiger partial charge on any atom is 0.250 e. The van der Waals surface area contributed by atoms with E-state index in [1.54, 1.807) is 32.2 Å². The highest BCUT2D eigenvalue weighted by Crippen LogP contribution is 2.16. The molecular formula is C10H15N3O2. The van der Waals surface area contributed by atoms with Gasteiger partial charge >= 0.3 is 0 Å². The lowest BCUT2D eigenvalue weighted by Gasteiger charge is -2.22. The molecule has 15 heavy (non-hydrogen) atoms. The lowest BCUT2D eigenvalue weighted by molar-refractivity contribution is -0.130. The second kappa shape index (κ2) is 4.27. The summed E-state index contributed by atoms with van der Waals surface area (Å²) >= 11 is 0. The first-order valence-corrected chi connectivity index (χ1v) is 4.64. The van der Waals surface area contributed by atoms with Crippen LogP contribution >= 0.6 is 0 Å². The lowest BCUT2D eigenvalue weighted by atomic mass is 9.92. The molecule has 1 heterocycles. The van der Waals surface area contributed by atoms with E-state index < -0.39 is 5.41 Å². The number of pyridine rings is 1. The Balaban J connectivity index is 2.91. The maximum atomic E-state index is 11.4. The predicted octanol–water partition coefficient (Wildman–Crippen LogP) is -0.136. The number of nitrogens with zero attached hydrogens (tertiary/aromatic N) is 1. The van der Waals surface area contributed by atoms with Gasteiger partial charge in [0.05, 0.1) is 5.41 Å². The van der Waals surface area contributed by atoms with Crippen molar-refractivity contribution in [3.8, 4) is 0 Å². The number of nitrogens with two attached hydrogens (primary N) is 1. The van der Waals surface area contributed by atoms with E-state index in [2.05, 4.69) is 5.43 Å². The number of rotatable bonds is 3. The molecule has 1 aromatic heterocycles. The first kappa shape index (κ1) is 11.5. The molecule has 0 spiro atoms. The molecule has 3 N–H and O–H groups in total. The Morgan fingerprint density at radius 2 is 2.20 bits per heavy atom. The molecule has 5 nitrogen and oxygen atoms in total. The molecule has 0 unspecified atom stereocenters. The van der Waals surface area contributed by atoms with Gasteiger partial charge in [-0.05, 0) is 19.9 Å². The summed E-state index contributed by atoms with van der Waals surface area (Å²) in [6, 6.07) is 4.86. The second-order valence-corrected chi connectivity index (χ2v) is 4.02. The third-order valence-corrected chi connectivity index (χ3v) is 2.21. The second-order valence-electron chi connectivity index (χ2n) is 4.02. The third-order valence-electron chi connectivity index (χ3n) is 2.21. The van der Waals surface area contributed by atoms with Crippen LogP contribution < -0.4 is 16.8 Å². The minimum atomic E-state index is -0.708. The van der Waals surface area contributed by atoms with Gasteiger partial charge in [0.25, 0.3) is 5.56 Å². The van der Waals surface area contributed by atoms with Crippen LogP contribution in [0.15, 0.2) is 29.2 Å². The minimum absolute atomic E-state index is 0.129. The molecule has 5 heteroatoms. The van der Waals surface area contributed by atoms with Gasteiger partial charge in [-0.25, -0.2) is 5.84 Å². The molecule has 82 valence electrons. The van der Waals surface area contributed by atoms with Gasteiger partial charge in [0.1, 0.15) is 0 Å². The van der Waals surface area contributed by atoms with Gasteiger partial charge in [-0.2, -0.15) is 0 Å². The van der Waals surface area contributed by atoms with Crippen molar-refractivity contribution in [2.24, 2.45) is 11.3 Å². The summed E-state index contributed by atoms with van der Waals surface area (Å²) in [6.45, 7) is 3.76. The van der Waals surface area contributed by atoms with Crippen LogP contribution in [0.3, 0.4) is 0 Å². The van der Waals surface area contributed by atoms with Gasteiger partial charge in [0, 0.05) is 18.8 Å². The average Bonchev–Trinajstić information content (AvgIpc) is 2.20. The summed E-state index contributed by atoms with van der Waals surface area (Å²) in [5.74, 6) is 4.77. The van der Waals surface area contributed by atoms with Crippen molar-refractivity contribution in [3.05, 3.63) is 34.7 Å². The summed E-state index contributed by atoms with van der Waals surface area (Å²) in [5.41, 5.74) is 1.25. The van der Waals surface area contributed by atoms with Crippen molar-refractivity contribution >= 4 is 5.91 Å². The van der Waals surface area contributed by atoms with Gasteiger partial charge in [0.2, 0.25) is 5.91 Å². The van der Waals surface area contributed by atoms with Crippen molar-refractivity contribution in [3.63, 3.8) is 0 Å². The smallest absolute Gasteiger partial charge is 0.250 e. The number of amides is 1. The molecule has 1 amide bonds. The maximum absolute atomic E-state index is 11.4. The monoisotopic (exact) mass is 209 g/mol. The topological polar surface area (TPSA) is 77.1 Å². The van der Waals surface area contributed by atoms with E-state index in [0.717, 1.165) is 0 Å². The molecule has 1 aromatic rings. The van der Waals surface area contributed by atoms with Crippen molar-refractivity contribution < 1.29 is 4.79 Å². The molecule has 0 saturated carbocycles. The fourth-order valence-electron chi connectivity index (χ4n) is 1.28. The van der Waals surface area contributed by atoms with E-state index in [1.807, 2.05) is 0 Å². The molecule has 0 radical (unpaired) electrons. The molecule has 0 atom stereocenters. The SMILES string of the molecule is CC(C)(Cn1ccccc1=O)C(=O)NN.